The van der Waals surface area contributed by atoms with Crippen molar-refractivity contribution in [3.05, 3.63) is 36.2 Å². The minimum absolute atomic E-state index is 0.433. The van der Waals surface area contributed by atoms with Gasteiger partial charge in [0.1, 0.15) is 0 Å². The maximum absolute atomic E-state index is 9.53. The van der Waals surface area contributed by atoms with E-state index in [9.17, 15) is 10.2 Å². The molecule has 7 nitrogen and oxygen atoms in total. The molecule has 0 saturated carbocycles. The molecule has 2 atom stereocenters. The molecule has 0 amide bonds. The number of likely N-dealkylation sites (tertiary alicyclic amines) is 1. The minimum atomic E-state index is -0.693. The first-order valence-electron chi connectivity index (χ1n) is 6.15. The Morgan fingerprint density at radius 1 is 1.11 bits per heavy atom. The number of hydrogen-bond donors (Lipinski definition) is 2. The third-order valence-corrected chi connectivity index (χ3v) is 3.23. The Morgan fingerprint density at radius 2 is 1.79 bits per heavy atom. The normalized spacial score (nSPS) is 23.9. The number of nitrogens with zero attached hydrogens (tertiary/aromatic N) is 5. The molecule has 0 aliphatic carbocycles. The van der Waals surface area contributed by atoms with Gasteiger partial charge in [-0.15, -0.1) is 5.10 Å². The third-order valence-electron chi connectivity index (χ3n) is 3.23. The van der Waals surface area contributed by atoms with Gasteiger partial charge in [0.2, 0.25) is 0 Å². The summed E-state index contributed by atoms with van der Waals surface area (Å²) >= 11 is 0. The van der Waals surface area contributed by atoms with E-state index in [0.717, 1.165) is 5.69 Å². The van der Waals surface area contributed by atoms with Crippen LogP contribution in [0.4, 0.5) is 0 Å². The Balaban J connectivity index is 1.78. The zero-order valence-electron chi connectivity index (χ0n) is 10.3. The van der Waals surface area contributed by atoms with Gasteiger partial charge in [0.05, 0.1) is 24.4 Å². The van der Waals surface area contributed by atoms with Crippen LogP contribution in [0.15, 0.2) is 30.3 Å². The van der Waals surface area contributed by atoms with Gasteiger partial charge in [0.15, 0.2) is 5.82 Å². The Labute approximate surface area is 110 Å². The van der Waals surface area contributed by atoms with E-state index in [0.29, 0.717) is 25.5 Å². The van der Waals surface area contributed by atoms with Gasteiger partial charge in [0, 0.05) is 13.1 Å². The topological polar surface area (TPSA) is 87.3 Å². The molecule has 2 unspecified atom stereocenters. The van der Waals surface area contributed by atoms with Crippen LogP contribution in [-0.4, -0.2) is 60.6 Å². The fraction of sp³-hybridized carbons (Fsp3) is 0.417. The third kappa shape index (κ3) is 2.48. The van der Waals surface area contributed by atoms with Crippen molar-refractivity contribution in [3.63, 3.8) is 0 Å². The van der Waals surface area contributed by atoms with E-state index < -0.39 is 12.2 Å². The van der Waals surface area contributed by atoms with Crippen molar-refractivity contribution < 1.29 is 10.2 Å². The number of aliphatic hydroxyl groups is 2. The summed E-state index contributed by atoms with van der Waals surface area (Å²) in [7, 11) is 0. The van der Waals surface area contributed by atoms with Crippen molar-refractivity contribution in [2.75, 3.05) is 13.1 Å². The highest BCUT2D eigenvalue weighted by Crippen LogP contribution is 2.14. The zero-order valence-corrected chi connectivity index (χ0v) is 10.3. The first-order valence-corrected chi connectivity index (χ1v) is 6.15. The molecule has 1 saturated heterocycles. The summed E-state index contributed by atoms with van der Waals surface area (Å²) in [6.45, 7) is 1.36. The molecule has 1 aliphatic rings. The lowest BCUT2D eigenvalue weighted by Crippen LogP contribution is -2.23. The summed E-state index contributed by atoms with van der Waals surface area (Å²) in [6, 6.07) is 9.62. The molecule has 1 aromatic heterocycles. The molecule has 2 heterocycles. The number of aliphatic hydroxyl groups excluding tert-OH is 2. The Morgan fingerprint density at radius 3 is 2.47 bits per heavy atom. The monoisotopic (exact) mass is 261 g/mol. The lowest BCUT2D eigenvalue weighted by Gasteiger charge is -2.13. The molecule has 1 aromatic carbocycles. The Hall–Kier alpha value is -1.83. The van der Waals surface area contributed by atoms with E-state index in [-0.39, 0.29) is 0 Å². The van der Waals surface area contributed by atoms with Crippen LogP contribution in [0.1, 0.15) is 5.82 Å². The van der Waals surface area contributed by atoms with Crippen molar-refractivity contribution in [1.29, 1.82) is 0 Å². The van der Waals surface area contributed by atoms with Gasteiger partial charge in [-0.1, -0.05) is 18.2 Å². The number of tetrazole rings is 1. The first kappa shape index (κ1) is 12.2. The lowest BCUT2D eigenvalue weighted by molar-refractivity contribution is 0.0572. The Bertz CT molecular complexity index is 534. The molecule has 1 aliphatic heterocycles. The maximum atomic E-state index is 9.53. The van der Waals surface area contributed by atoms with Gasteiger partial charge in [-0.05, 0) is 22.6 Å². The lowest BCUT2D eigenvalue weighted by atomic mass is 10.3. The number of β-amino-alcohol motifs (C(OH)–C–C–N with tert-alkyl or cyclic N) is 2. The van der Waals surface area contributed by atoms with Crippen LogP contribution in [0.25, 0.3) is 5.69 Å². The summed E-state index contributed by atoms with van der Waals surface area (Å²) < 4.78 is 1.66. The number of aromatic nitrogens is 4. The van der Waals surface area contributed by atoms with Gasteiger partial charge in [-0.2, -0.15) is 4.68 Å². The molecule has 2 N–H and O–H groups in total. The van der Waals surface area contributed by atoms with Crippen LogP contribution in [0.2, 0.25) is 0 Å². The van der Waals surface area contributed by atoms with Gasteiger partial charge in [-0.3, -0.25) is 4.90 Å². The molecular formula is C12H15N5O2. The zero-order chi connectivity index (χ0) is 13.2. The maximum Gasteiger partial charge on any atom is 0.170 e. The van der Waals surface area contributed by atoms with E-state index in [1.807, 2.05) is 35.2 Å². The SMILES string of the molecule is OC1CN(Cc2nnnn2-c2ccccc2)CC1O. The van der Waals surface area contributed by atoms with Crippen molar-refractivity contribution in [2.45, 2.75) is 18.8 Å². The number of hydrogen-bond acceptors (Lipinski definition) is 6. The standard InChI is InChI=1S/C12H15N5O2/c18-10-6-16(7-11(10)19)8-12-13-14-15-17(12)9-4-2-1-3-5-9/h1-5,10-11,18-19H,6-8H2. The molecule has 3 rings (SSSR count). The molecule has 0 radical (unpaired) electrons. The van der Waals surface area contributed by atoms with Gasteiger partial charge >= 0.3 is 0 Å². The van der Waals surface area contributed by atoms with E-state index >= 15 is 0 Å². The van der Waals surface area contributed by atoms with Gasteiger partial charge in [0.25, 0.3) is 0 Å². The molecule has 2 aromatic rings. The first-order chi connectivity index (χ1) is 9.24. The quantitative estimate of drug-likeness (QED) is 0.752. The van der Waals surface area contributed by atoms with Crippen molar-refractivity contribution >= 4 is 0 Å². The van der Waals surface area contributed by atoms with Crippen LogP contribution in [0, 0.1) is 0 Å². The smallest absolute Gasteiger partial charge is 0.170 e. The highest BCUT2D eigenvalue weighted by Gasteiger charge is 2.30. The van der Waals surface area contributed by atoms with Gasteiger partial charge in [-0.25, -0.2) is 0 Å². The second kappa shape index (κ2) is 5.04. The Kier molecular flexibility index (Phi) is 3.24. The molecular weight excluding hydrogens is 246 g/mol. The molecule has 100 valence electrons. The van der Waals surface area contributed by atoms with Crippen LogP contribution in [0.5, 0.6) is 0 Å². The van der Waals surface area contributed by atoms with E-state index in [2.05, 4.69) is 15.5 Å². The molecule has 0 bridgehead atoms. The second-order valence-corrected chi connectivity index (χ2v) is 4.67. The van der Waals surface area contributed by atoms with Crippen molar-refractivity contribution in [1.82, 2.24) is 25.1 Å². The van der Waals surface area contributed by atoms with Crippen molar-refractivity contribution in [2.24, 2.45) is 0 Å². The highest BCUT2D eigenvalue weighted by molar-refractivity contribution is 5.30. The van der Waals surface area contributed by atoms with E-state index in [1.54, 1.807) is 4.68 Å². The summed E-state index contributed by atoms with van der Waals surface area (Å²) in [5, 5.41) is 30.7. The number of para-hydroxylation sites is 1. The van der Waals surface area contributed by atoms with E-state index in [1.165, 1.54) is 0 Å². The largest absolute Gasteiger partial charge is 0.389 e. The number of benzene rings is 1. The fourth-order valence-electron chi connectivity index (χ4n) is 2.25. The summed E-state index contributed by atoms with van der Waals surface area (Å²) in [4.78, 5) is 1.93. The van der Waals surface area contributed by atoms with Gasteiger partial charge < -0.3 is 10.2 Å². The van der Waals surface area contributed by atoms with Crippen molar-refractivity contribution in [3.8, 4) is 5.69 Å². The molecule has 0 spiro atoms. The predicted octanol–water partition coefficient (Wildman–Crippen LogP) is -0.800. The predicted molar refractivity (Wildman–Crippen MR) is 66.4 cm³/mol. The average Bonchev–Trinajstić information content (AvgIpc) is 2.99. The molecule has 19 heavy (non-hydrogen) atoms. The van der Waals surface area contributed by atoms with Crippen LogP contribution < -0.4 is 0 Å². The minimum Gasteiger partial charge on any atom is -0.389 e. The summed E-state index contributed by atoms with van der Waals surface area (Å²) in [6.07, 6.45) is -1.39. The summed E-state index contributed by atoms with van der Waals surface area (Å²) in [5.74, 6) is 0.688. The van der Waals surface area contributed by atoms with Crippen LogP contribution in [0.3, 0.4) is 0 Å². The summed E-state index contributed by atoms with van der Waals surface area (Å²) in [5.41, 5.74) is 0.891. The van der Waals surface area contributed by atoms with Crippen LogP contribution in [-0.2, 0) is 6.54 Å². The molecule has 7 heteroatoms. The number of rotatable bonds is 3. The average molecular weight is 261 g/mol. The fourth-order valence-corrected chi connectivity index (χ4v) is 2.25. The van der Waals surface area contributed by atoms with E-state index in [4.69, 9.17) is 0 Å². The van der Waals surface area contributed by atoms with Crippen LogP contribution >= 0.6 is 0 Å². The molecule has 1 fully saturated rings. The second-order valence-electron chi connectivity index (χ2n) is 4.67. The highest BCUT2D eigenvalue weighted by atomic mass is 16.3.